The molecule has 1 aliphatic heterocycles. The van der Waals surface area contributed by atoms with Gasteiger partial charge in [-0.2, -0.15) is 0 Å². The molecule has 0 unspecified atom stereocenters. The number of benzene rings is 1. The van der Waals surface area contributed by atoms with E-state index in [9.17, 15) is 14.4 Å². The third-order valence-corrected chi connectivity index (χ3v) is 3.97. The Bertz CT molecular complexity index is 583. The lowest BCUT2D eigenvalue weighted by atomic mass is 9.96. The summed E-state index contributed by atoms with van der Waals surface area (Å²) in [4.78, 5) is 36.7. The number of halogens is 1. The smallest absolute Gasteiger partial charge is 0.251 e. The van der Waals surface area contributed by atoms with Crippen LogP contribution in [0.2, 0.25) is 5.02 Å². The van der Waals surface area contributed by atoms with Gasteiger partial charge < -0.3 is 16.0 Å². The Hall–Kier alpha value is -2.08. The highest BCUT2D eigenvalue weighted by Crippen LogP contribution is 2.16. The fraction of sp³-hybridized carbons (Fsp3) is 0.400. The number of carbonyl (C=O) groups is 3. The van der Waals surface area contributed by atoms with Gasteiger partial charge in [-0.1, -0.05) is 17.7 Å². The van der Waals surface area contributed by atoms with Crippen molar-refractivity contribution in [1.29, 1.82) is 0 Å². The van der Waals surface area contributed by atoms with Crippen LogP contribution < -0.4 is 11.1 Å². The molecule has 22 heavy (non-hydrogen) atoms. The molecule has 1 fully saturated rings. The van der Waals surface area contributed by atoms with E-state index < -0.39 is 0 Å². The van der Waals surface area contributed by atoms with Gasteiger partial charge >= 0.3 is 0 Å². The predicted molar refractivity (Wildman–Crippen MR) is 82.3 cm³/mol. The van der Waals surface area contributed by atoms with Crippen LogP contribution in [0.4, 0.5) is 0 Å². The molecule has 1 aromatic carbocycles. The van der Waals surface area contributed by atoms with Crippen LogP contribution in [0.5, 0.6) is 0 Å². The Kier molecular flexibility index (Phi) is 5.38. The van der Waals surface area contributed by atoms with Crippen molar-refractivity contribution in [3.63, 3.8) is 0 Å². The van der Waals surface area contributed by atoms with Gasteiger partial charge in [0.1, 0.15) is 0 Å². The van der Waals surface area contributed by atoms with Crippen molar-refractivity contribution in [1.82, 2.24) is 10.2 Å². The number of nitrogens with zero attached hydrogens (tertiary/aromatic N) is 1. The first kappa shape index (κ1) is 16.3. The first-order valence-electron chi connectivity index (χ1n) is 7.08. The summed E-state index contributed by atoms with van der Waals surface area (Å²) in [5, 5.41) is 3.04. The second-order valence-corrected chi connectivity index (χ2v) is 5.69. The van der Waals surface area contributed by atoms with Gasteiger partial charge in [-0.15, -0.1) is 0 Å². The second kappa shape index (κ2) is 7.26. The molecular weight excluding hydrogens is 306 g/mol. The molecule has 0 aromatic heterocycles. The van der Waals surface area contributed by atoms with E-state index in [4.69, 9.17) is 17.3 Å². The minimum absolute atomic E-state index is 0.0768. The molecule has 6 nitrogen and oxygen atoms in total. The van der Waals surface area contributed by atoms with Gasteiger partial charge in [0.2, 0.25) is 11.8 Å². The van der Waals surface area contributed by atoms with Crippen molar-refractivity contribution < 1.29 is 14.4 Å². The molecule has 1 aliphatic rings. The molecule has 118 valence electrons. The van der Waals surface area contributed by atoms with Gasteiger partial charge in [0, 0.05) is 29.6 Å². The highest BCUT2D eigenvalue weighted by atomic mass is 35.5. The molecular formula is C15H18ClN3O3. The zero-order chi connectivity index (χ0) is 16.1. The lowest BCUT2D eigenvalue weighted by Crippen LogP contribution is -2.45. The number of primary amides is 1. The highest BCUT2D eigenvalue weighted by Gasteiger charge is 2.25. The Balaban J connectivity index is 1.81. The first-order chi connectivity index (χ1) is 10.5. The third kappa shape index (κ3) is 4.21. The molecule has 3 amide bonds. The highest BCUT2D eigenvalue weighted by molar-refractivity contribution is 6.30. The standard InChI is InChI=1S/C15H18ClN3O3/c16-12-3-1-2-11(8-12)15(22)18-9-13(20)19-6-4-10(5-7-19)14(17)21/h1-3,8,10H,4-7,9H2,(H2,17,21)(H,18,22). The van der Waals surface area contributed by atoms with E-state index >= 15 is 0 Å². The van der Waals surface area contributed by atoms with E-state index in [1.54, 1.807) is 29.2 Å². The van der Waals surface area contributed by atoms with Crippen LogP contribution in [0.3, 0.4) is 0 Å². The molecule has 0 bridgehead atoms. The zero-order valence-electron chi connectivity index (χ0n) is 12.0. The molecule has 1 saturated heterocycles. The van der Waals surface area contributed by atoms with E-state index in [0.717, 1.165) is 0 Å². The SMILES string of the molecule is NC(=O)C1CCN(C(=O)CNC(=O)c2cccc(Cl)c2)CC1. The molecule has 1 aromatic rings. The van der Waals surface area contributed by atoms with Gasteiger partial charge in [0.05, 0.1) is 6.54 Å². The lowest BCUT2D eigenvalue weighted by molar-refractivity contribution is -0.133. The van der Waals surface area contributed by atoms with Crippen molar-refractivity contribution >= 4 is 29.3 Å². The summed E-state index contributed by atoms with van der Waals surface area (Å²) in [6.07, 6.45) is 1.15. The Labute approximate surface area is 133 Å². The van der Waals surface area contributed by atoms with E-state index in [2.05, 4.69) is 5.32 Å². The summed E-state index contributed by atoms with van der Waals surface area (Å²) >= 11 is 5.82. The quantitative estimate of drug-likeness (QED) is 0.858. The van der Waals surface area contributed by atoms with Crippen molar-refractivity contribution in [3.05, 3.63) is 34.9 Å². The van der Waals surface area contributed by atoms with Crippen molar-refractivity contribution in [2.45, 2.75) is 12.8 Å². The fourth-order valence-corrected chi connectivity index (χ4v) is 2.60. The number of rotatable bonds is 4. The maximum atomic E-state index is 12.0. The van der Waals surface area contributed by atoms with Gasteiger partial charge in [-0.05, 0) is 31.0 Å². The summed E-state index contributed by atoms with van der Waals surface area (Å²) in [6.45, 7) is 0.894. The maximum absolute atomic E-state index is 12.0. The van der Waals surface area contributed by atoms with Crippen LogP contribution >= 0.6 is 11.6 Å². The van der Waals surface area contributed by atoms with Gasteiger partial charge in [-0.3, -0.25) is 14.4 Å². The van der Waals surface area contributed by atoms with E-state index in [0.29, 0.717) is 36.5 Å². The van der Waals surface area contributed by atoms with Crippen LogP contribution in [-0.4, -0.2) is 42.3 Å². The average Bonchev–Trinajstić information content (AvgIpc) is 2.52. The number of carbonyl (C=O) groups excluding carboxylic acids is 3. The van der Waals surface area contributed by atoms with Crippen molar-refractivity contribution in [2.75, 3.05) is 19.6 Å². The Morgan fingerprint density at radius 2 is 1.95 bits per heavy atom. The minimum atomic E-state index is -0.345. The van der Waals surface area contributed by atoms with Gasteiger partial charge in [0.15, 0.2) is 0 Å². The number of likely N-dealkylation sites (tertiary alicyclic amines) is 1. The average molecular weight is 324 g/mol. The van der Waals surface area contributed by atoms with Gasteiger partial charge in [-0.25, -0.2) is 0 Å². The maximum Gasteiger partial charge on any atom is 0.251 e. The second-order valence-electron chi connectivity index (χ2n) is 5.25. The van der Waals surface area contributed by atoms with Crippen molar-refractivity contribution in [3.8, 4) is 0 Å². The molecule has 7 heteroatoms. The fourth-order valence-electron chi connectivity index (χ4n) is 2.41. The number of nitrogens with two attached hydrogens (primary N) is 1. The molecule has 0 spiro atoms. The summed E-state index contributed by atoms with van der Waals surface area (Å²) in [5.41, 5.74) is 5.66. The molecule has 0 atom stereocenters. The summed E-state index contributed by atoms with van der Waals surface area (Å²) in [7, 11) is 0. The van der Waals surface area contributed by atoms with E-state index in [1.807, 2.05) is 0 Å². The Morgan fingerprint density at radius 1 is 1.27 bits per heavy atom. The van der Waals surface area contributed by atoms with Crippen LogP contribution in [0.1, 0.15) is 23.2 Å². The predicted octanol–water partition coefficient (Wildman–Crippen LogP) is 0.794. The number of hydrogen-bond acceptors (Lipinski definition) is 3. The molecule has 1 heterocycles. The zero-order valence-corrected chi connectivity index (χ0v) is 12.8. The van der Waals surface area contributed by atoms with E-state index in [1.165, 1.54) is 0 Å². The number of piperidine rings is 1. The number of amides is 3. The summed E-state index contributed by atoms with van der Waals surface area (Å²) < 4.78 is 0. The van der Waals surface area contributed by atoms with Crippen LogP contribution in [0.25, 0.3) is 0 Å². The molecule has 3 N–H and O–H groups in total. The third-order valence-electron chi connectivity index (χ3n) is 3.74. The largest absolute Gasteiger partial charge is 0.369 e. The minimum Gasteiger partial charge on any atom is -0.369 e. The van der Waals surface area contributed by atoms with Gasteiger partial charge in [0.25, 0.3) is 5.91 Å². The van der Waals surface area contributed by atoms with Crippen LogP contribution in [0, 0.1) is 5.92 Å². The molecule has 0 radical (unpaired) electrons. The first-order valence-corrected chi connectivity index (χ1v) is 7.46. The summed E-state index contributed by atoms with van der Waals surface area (Å²) in [6, 6.07) is 6.52. The monoisotopic (exact) mass is 323 g/mol. The molecule has 2 rings (SSSR count). The number of hydrogen-bond donors (Lipinski definition) is 2. The van der Waals surface area contributed by atoms with E-state index in [-0.39, 0.29) is 30.2 Å². The lowest BCUT2D eigenvalue weighted by Gasteiger charge is -2.30. The Morgan fingerprint density at radius 3 is 2.55 bits per heavy atom. The normalized spacial score (nSPS) is 15.4. The van der Waals surface area contributed by atoms with Crippen LogP contribution in [-0.2, 0) is 9.59 Å². The molecule has 0 aliphatic carbocycles. The van der Waals surface area contributed by atoms with Crippen molar-refractivity contribution in [2.24, 2.45) is 11.7 Å². The summed E-state index contributed by atoms with van der Waals surface area (Å²) in [5.74, 6) is -0.993. The molecule has 0 saturated carbocycles. The van der Waals surface area contributed by atoms with Crippen LogP contribution in [0.15, 0.2) is 24.3 Å². The topological polar surface area (TPSA) is 92.5 Å². The number of nitrogens with one attached hydrogen (secondary N) is 1.